The maximum Gasteiger partial charge on any atom is 0.340 e. The van der Waals surface area contributed by atoms with Gasteiger partial charge >= 0.3 is 5.97 Å². The highest BCUT2D eigenvalue weighted by atomic mass is 35.5. The van der Waals surface area contributed by atoms with E-state index in [0.29, 0.717) is 21.8 Å². The van der Waals surface area contributed by atoms with Crippen LogP contribution in [-0.4, -0.2) is 24.0 Å². The first-order chi connectivity index (χ1) is 13.4. The standard InChI is InChI=1S/C19H13ClF2N2O3S/c1-27-19(26)13-7-16(15(22)8-14(13)21)24-17(25)6-12-9-28-18(23-12)10-3-2-4-11(20)5-10/h2-5,7-9H,6H2,1H3,(H,24,25). The van der Waals surface area contributed by atoms with Gasteiger partial charge in [0.05, 0.1) is 30.5 Å². The van der Waals surface area contributed by atoms with Crippen LogP contribution in [-0.2, 0) is 16.0 Å². The fourth-order valence-electron chi connectivity index (χ4n) is 2.41. The van der Waals surface area contributed by atoms with Crippen molar-refractivity contribution in [1.82, 2.24) is 4.98 Å². The average molecular weight is 423 g/mol. The summed E-state index contributed by atoms with van der Waals surface area (Å²) in [7, 11) is 1.07. The van der Waals surface area contributed by atoms with Crippen LogP contribution in [0.2, 0.25) is 5.02 Å². The second-order valence-electron chi connectivity index (χ2n) is 5.68. The van der Waals surface area contributed by atoms with Crippen molar-refractivity contribution in [3.63, 3.8) is 0 Å². The SMILES string of the molecule is COC(=O)c1cc(NC(=O)Cc2csc(-c3cccc(Cl)c3)n2)c(F)cc1F. The monoisotopic (exact) mass is 422 g/mol. The van der Waals surface area contributed by atoms with Crippen LogP contribution >= 0.6 is 22.9 Å². The molecule has 3 aromatic rings. The predicted octanol–water partition coefficient (Wildman–Crippen LogP) is 4.71. The summed E-state index contributed by atoms with van der Waals surface area (Å²) in [5.41, 5.74) is 0.498. The van der Waals surface area contributed by atoms with Crippen LogP contribution in [0.25, 0.3) is 10.6 Å². The molecular formula is C19H13ClF2N2O3S. The number of thiazole rings is 1. The third-order valence-corrected chi connectivity index (χ3v) is 4.88. The lowest BCUT2D eigenvalue weighted by molar-refractivity contribution is -0.115. The summed E-state index contributed by atoms with van der Waals surface area (Å²) in [5.74, 6) is -3.62. The van der Waals surface area contributed by atoms with Crippen LogP contribution < -0.4 is 5.32 Å². The van der Waals surface area contributed by atoms with Crippen LogP contribution in [0.5, 0.6) is 0 Å². The number of methoxy groups -OCH3 is 1. The molecule has 0 fully saturated rings. The molecule has 0 unspecified atom stereocenters. The van der Waals surface area contributed by atoms with E-state index in [1.54, 1.807) is 23.6 Å². The van der Waals surface area contributed by atoms with Crippen molar-refractivity contribution in [2.45, 2.75) is 6.42 Å². The summed E-state index contributed by atoms with van der Waals surface area (Å²) in [5, 5.41) is 5.28. The normalized spacial score (nSPS) is 10.6. The van der Waals surface area contributed by atoms with Crippen molar-refractivity contribution in [3.8, 4) is 10.6 Å². The molecule has 2 aromatic carbocycles. The highest BCUT2D eigenvalue weighted by molar-refractivity contribution is 7.13. The Morgan fingerprint density at radius 2 is 2.00 bits per heavy atom. The molecular weight excluding hydrogens is 410 g/mol. The van der Waals surface area contributed by atoms with E-state index in [1.165, 1.54) is 11.3 Å². The van der Waals surface area contributed by atoms with Gasteiger partial charge < -0.3 is 10.1 Å². The molecule has 144 valence electrons. The number of aromatic nitrogens is 1. The maximum atomic E-state index is 13.9. The predicted molar refractivity (Wildman–Crippen MR) is 103 cm³/mol. The molecule has 1 amide bonds. The van der Waals surface area contributed by atoms with Gasteiger partial charge in [0.15, 0.2) is 0 Å². The topological polar surface area (TPSA) is 68.3 Å². The molecule has 28 heavy (non-hydrogen) atoms. The zero-order chi connectivity index (χ0) is 20.3. The molecule has 1 aromatic heterocycles. The molecule has 5 nitrogen and oxygen atoms in total. The van der Waals surface area contributed by atoms with E-state index in [0.717, 1.165) is 18.7 Å². The minimum atomic E-state index is -1.08. The number of nitrogens with zero attached hydrogens (tertiary/aromatic N) is 1. The number of benzene rings is 2. The van der Waals surface area contributed by atoms with Gasteiger partial charge in [-0.1, -0.05) is 23.7 Å². The van der Waals surface area contributed by atoms with Crippen molar-refractivity contribution >= 4 is 40.5 Å². The van der Waals surface area contributed by atoms with E-state index in [1.807, 2.05) is 6.07 Å². The molecule has 0 saturated carbocycles. The quantitative estimate of drug-likeness (QED) is 0.605. The average Bonchev–Trinajstić information content (AvgIpc) is 3.11. The van der Waals surface area contributed by atoms with Gasteiger partial charge in [-0.05, 0) is 18.2 Å². The third-order valence-electron chi connectivity index (χ3n) is 3.70. The summed E-state index contributed by atoms with van der Waals surface area (Å²) in [6, 6.07) is 8.55. The largest absolute Gasteiger partial charge is 0.465 e. The van der Waals surface area contributed by atoms with Gasteiger partial charge in [-0.15, -0.1) is 11.3 Å². The molecule has 0 saturated heterocycles. The lowest BCUT2D eigenvalue weighted by Crippen LogP contribution is -2.17. The molecule has 0 atom stereocenters. The summed E-state index contributed by atoms with van der Waals surface area (Å²) in [6.07, 6.45) is -0.124. The Morgan fingerprint density at radius 1 is 1.21 bits per heavy atom. The number of ether oxygens (including phenoxy) is 1. The van der Waals surface area contributed by atoms with Crippen molar-refractivity contribution in [2.75, 3.05) is 12.4 Å². The van der Waals surface area contributed by atoms with Crippen molar-refractivity contribution in [2.24, 2.45) is 0 Å². The highest BCUT2D eigenvalue weighted by Crippen LogP contribution is 2.26. The number of esters is 1. The Morgan fingerprint density at radius 3 is 2.71 bits per heavy atom. The number of anilines is 1. The fourth-order valence-corrected chi connectivity index (χ4v) is 3.42. The van der Waals surface area contributed by atoms with E-state index >= 15 is 0 Å². The van der Waals surface area contributed by atoms with Gasteiger partial charge in [0.25, 0.3) is 0 Å². The zero-order valence-electron chi connectivity index (χ0n) is 14.5. The first kappa shape index (κ1) is 19.9. The van der Waals surface area contributed by atoms with E-state index < -0.39 is 29.1 Å². The molecule has 0 aliphatic rings. The van der Waals surface area contributed by atoms with Gasteiger partial charge in [0, 0.05) is 22.0 Å². The Kier molecular flexibility index (Phi) is 6.01. The van der Waals surface area contributed by atoms with Gasteiger partial charge in [-0.2, -0.15) is 0 Å². The van der Waals surface area contributed by atoms with Crippen molar-refractivity contribution in [1.29, 1.82) is 0 Å². The van der Waals surface area contributed by atoms with Crippen LogP contribution in [0.1, 0.15) is 16.1 Å². The molecule has 1 N–H and O–H groups in total. The zero-order valence-corrected chi connectivity index (χ0v) is 16.0. The van der Waals surface area contributed by atoms with E-state index in [9.17, 15) is 18.4 Å². The van der Waals surface area contributed by atoms with Crippen LogP contribution in [0.4, 0.5) is 14.5 Å². The van der Waals surface area contributed by atoms with E-state index in [-0.39, 0.29) is 12.1 Å². The smallest absolute Gasteiger partial charge is 0.340 e. The lowest BCUT2D eigenvalue weighted by Gasteiger charge is -2.08. The molecule has 0 aliphatic carbocycles. The minimum absolute atomic E-state index is 0.124. The second kappa shape index (κ2) is 8.45. The number of hydrogen-bond acceptors (Lipinski definition) is 5. The van der Waals surface area contributed by atoms with Crippen molar-refractivity contribution in [3.05, 3.63) is 69.7 Å². The van der Waals surface area contributed by atoms with Crippen LogP contribution in [0.3, 0.4) is 0 Å². The van der Waals surface area contributed by atoms with Gasteiger partial charge in [0.1, 0.15) is 16.6 Å². The van der Waals surface area contributed by atoms with Gasteiger partial charge in [-0.25, -0.2) is 18.6 Å². The Labute approximate surface area is 167 Å². The summed E-state index contributed by atoms with van der Waals surface area (Å²) in [6.45, 7) is 0. The molecule has 0 aliphatic heterocycles. The van der Waals surface area contributed by atoms with Gasteiger partial charge in [0.2, 0.25) is 5.91 Å². The van der Waals surface area contributed by atoms with Crippen molar-refractivity contribution < 1.29 is 23.1 Å². The second-order valence-corrected chi connectivity index (χ2v) is 6.98. The first-order valence-corrected chi connectivity index (χ1v) is 9.20. The van der Waals surface area contributed by atoms with Crippen LogP contribution in [0.15, 0.2) is 41.8 Å². The third kappa shape index (κ3) is 4.52. The minimum Gasteiger partial charge on any atom is -0.465 e. The molecule has 1 heterocycles. The molecule has 9 heteroatoms. The molecule has 0 spiro atoms. The summed E-state index contributed by atoms with van der Waals surface area (Å²) >= 11 is 7.30. The van der Waals surface area contributed by atoms with Crippen LogP contribution in [0, 0.1) is 11.6 Å². The number of nitrogens with one attached hydrogen (secondary N) is 1. The number of amides is 1. The van der Waals surface area contributed by atoms with Gasteiger partial charge in [-0.3, -0.25) is 4.79 Å². The summed E-state index contributed by atoms with van der Waals surface area (Å²) < 4.78 is 32.0. The number of carbonyl (C=O) groups is 2. The summed E-state index contributed by atoms with van der Waals surface area (Å²) in [4.78, 5) is 28.1. The Hall–Kier alpha value is -2.84. The molecule has 3 rings (SSSR count). The maximum absolute atomic E-state index is 13.9. The molecule has 0 bridgehead atoms. The Bertz CT molecular complexity index is 1060. The lowest BCUT2D eigenvalue weighted by atomic mass is 10.1. The molecule has 0 radical (unpaired) electrons. The highest BCUT2D eigenvalue weighted by Gasteiger charge is 2.18. The number of carbonyl (C=O) groups excluding carboxylic acids is 2. The first-order valence-electron chi connectivity index (χ1n) is 7.95. The number of hydrogen-bond donors (Lipinski definition) is 1. The number of rotatable bonds is 5. The fraction of sp³-hybridized carbons (Fsp3) is 0.105. The number of halogens is 3. The van der Waals surface area contributed by atoms with E-state index in [4.69, 9.17) is 11.6 Å². The van der Waals surface area contributed by atoms with E-state index in [2.05, 4.69) is 15.0 Å². The Balaban J connectivity index is 1.74.